The van der Waals surface area contributed by atoms with Gasteiger partial charge in [-0.3, -0.25) is 0 Å². The summed E-state index contributed by atoms with van der Waals surface area (Å²) in [6, 6.07) is 30.6. The van der Waals surface area contributed by atoms with Gasteiger partial charge in [0, 0.05) is 0 Å². The van der Waals surface area contributed by atoms with Crippen LogP contribution in [0.5, 0.6) is 0 Å². The number of hydrogen-bond donors (Lipinski definition) is 0. The number of benzene rings is 4. The first-order chi connectivity index (χ1) is 19.5. The van der Waals surface area contributed by atoms with Crippen LogP contribution < -0.4 is 28.1 Å². The van der Waals surface area contributed by atoms with Crippen molar-refractivity contribution in [3.8, 4) is 11.1 Å². The van der Waals surface area contributed by atoms with Gasteiger partial charge in [0.1, 0.15) is 0 Å². The van der Waals surface area contributed by atoms with Crippen LogP contribution in [0, 0.1) is 39.0 Å². The van der Waals surface area contributed by atoms with Crippen molar-refractivity contribution >= 4 is 6.48 Å². The second-order valence-electron chi connectivity index (χ2n) is 13.4. The maximum atomic E-state index is 2.63. The zero-order chi connectivity index (χ0) is 29.1. The van der Waals surface area contributed by atoms with Crippen LogP contribution in [0.15, 0.2) is 99.9 Å². The molecule has 0 heterocycles. The molecule has 0 fully saturated rings. The summed E-state index contributed by atoms with van der Waals surface area (Å²) in [5.74, 6) is 0.450. The molecule has 220 valence electrons. The van der Waals surface area contributed by atoms with Crippen molar-refractivity contribution in [3.05, 3.63) is 144 Å². The van der Waals surface area contributed by atoms with Crippen LogP contribution in [-0.4, -0.2) is 3.21 Å². The number of aryl methyl sites for hydroxylation is 4. The van der Waals surface area contributed by atoms with Gasteiger partial charge in [0.05, 0.1) is 0 Å². The Morgan fingerprint density at radius 2 is 1.23 bits per heavy atom. The van der Waals surface area contributed by atoms with E-state index >= 15 is 0 Å². The summed E-state index contributed by atoms with van der Waals surface area (Å²) in [5.41, 5.74) is 15.9. The molecule has 4 aromatic rings. The van der Waals surface area contributed by atoms with E-state index in [4.69, 9.17) is 0 Å². The first-order valence-electron chi connectivity index (χ1n) is 15.1. The van der Waals surface area contributed by atoms with Gasteiger partial charge < -0.3 is 24.8 Å². The molecule has 43 heavy (non-hydrogen) atoms. The Kier molecular flexibility index (Phi) is 10.1. The monoisotopic (exact) mass is 682 g/mol. The number of hydrogen-bond acceptors (Lipinski definition) is 0. The molecule has 0 bridgehead atoms. The van der Waals surface area contributed by atoms with E-state index in [-0.39, 0.29) is 30.2 Å². The van der Waals surface area contributed by atoms with Gasteiger partial charge in [-0.1, -0.05) is 0 Å². The predicted molar refractivity (Wildman–Crippen MR) is 174 cm³/mol. The summed E-state index contributed by atoms with van der Waals surface area (Å²) >= 11 is -2.77. The van der Waals surface area contributed by atoms with Gasteiger partial charge in [-0.05, 0) is 0 Å². The third-order valence-corrected chi connectivity index (χ3v) is 17.5. The van der Waals surface area contributed by atoms with Gasteiger partial charge >= 0.3 is 256 Å². The molecule has 2 aliphatic rings. The molecular formula is C40H42Cl2Zr. The second kappa shape index (κ2) is 13.0. The zero-order valence-corrected chi connectivity index (χ0v) is 30.7. The number of rotatable bonds is 4. The molecule has 6 rings (SSSR count). The molecule has 0 aliphatic heterocycles. The largest absolute Gasteiger partial charge is 1.00 e. The van der Waals surface area contributed by atoms with Crippen LogP contribution in [0.25, 0.3) is 11.1 Å². The third-order valence-electron chi connectivity index (χ3n) is 9.01. The average Bonchev–Trinajstić information content (AvgIpc) is 3.49. The van der Waals surface area contributed by atoms with Crippen LogP contribution in [0.3, 0.4) is 0 Å². The third kappa shape index (κ3) is 6.42. The van der Waals surface area contributed by atoms with Gasteiger partial charge in [0.2, 0.25) is 0 Å². The minimum atomic E-state index is -2.77. The van der Waals surface area contributed by atoms with Crippen molar-refractivity contribution in [2.75, 3.05) is 0 Å². The molecule has 0 aromatic heterocycles. The average molecular weight is 685 g/mol. The molecule has 3 heteroatoms. The summed E-state index contributed by atoms with van der Waals surface area (Å²) in [6.07, 6.45) is 6.24. The molecule has 0 radical (unpaired) electrons. The van der Waals surface area contributed by atoms with Crippen molar-refractivity contribution < 1.29 is 46.1 Å². The molecule has 1 atom stereocenters. The Hall–Kier alpha value is -2.31. The van der Waals surface area contributed by atoms with Crippen molar-refractivity contribution in [1.82, 2.24) is 0 Å². The fourth-order valence-electron chi connectivity index (χ4n) is 6.65. The Balaban J connectivity index is 0.00000212. The van der Waals surface area contributed by atoms with Crippen LogP contribution in [0.4, 0.5) is 0 Å². The number of fused-ring (bicyclic) bond motifs is 3. The SMILES string of the molecule is Cc1ccc([C](c2ccc(C)cc2)=[Zr+2]([C]2=CC(C(C)(C)C)=CC2C)[c]2c(C)ccc3c2Cc2cc(C)ccc2-3)cc1.[Cl-].[Cl-]. The Morgan fingerprint density at radius 1 is 0.698 bits per heavy atom. The predicted octanol–water partition coefficient (Wildman–Crippen LogP) is 3.52. The first kappa shape index (κ1) is 33.6. The topological polar surface area (TPSA) is 0 Å². The van der Waals surface area contributed by atoms with Gasteiger partial charge in [-0.25, -0.2) is 0 Å². The van der Waals surface area contributed by atoms with Crippen molar-refractivity contribution in [2.45, 2.75) is 61.8 Å². The van der Waals surface area contributed by atoms with E-state index in [2.05, 4.69) is 146 Å². The van der Waals surface area contributed by atoms with Gasteiger partial charge in [-0.2, -0.15) is 0 Å². The molecule has 0 spiro atoms. The minimum absolute atomic E-state index is 0. The summed E-state index contributed by atoms with van der Waals surface area (Å²) in [7, 11) is 0. The van der Waals surface area contributed by atoms with E-state index in [9.17, 15) is 0 Å². The fraction of sp³-hybridized carbons (Fsp3) is 0.275. The fourth-order valence-corrected chi connectivity index (χ4v) is 15.5. The van der Waals surface area contributed by atoms with Crippen LogP contribution in [0.1, 0.15) is 72.2 Å². The number of allylic oxidation sites excluding steroid dienone is 4. The molecule has 0 nitrogen and oxygen atoms in total. The standard InChI is InChI=1S/C15H13.C15H14.C10H15.2ClH.Zr/c1-10-3-5-14-12(7-10)9-13-8-11(2)4-6-15(13)14;1-12-3-7-14(8-4-12)11-15-9-5-13(2)6-10-15;1-8-5-6-9(7-8)10(2,3)4;;;/h3-7H,9H2,1-2H3;3-10H,1-2H3;6-8H,1-4H3;2*1H;/q;;;;;+2/p-2. The van der Waals surface area contributed by atoms with Crippen molar-refractivity contribution in [2.24, 2.45) is 11.3 Å². The van der Waals surface area contributed by atoms with E-state index in [1.54, 1.807) is 15.3 Å². The van der Waals surface area contributed by atoms with Crippen LogP contribution in [-0.2, 0) is 27.7 Å². The smallest absolute Gasteiger partial charge is 1.00 e. The van der Waals surface area contributed by atoms with Crippen molar-refractivity contribution in [1.29, 1.82) is 0 Å². The molecule has 2 aliphatic carbocycles. The van der Waals surface area contributed by atoms with E-state index in [0.29, 0.717) is 5.92 Å². The Morgan fingerprint density at radius 3 is 1.77 bits per heavy atom. The molecule has 0 saturated heterocycles. The second-order valence-corrected chi connectivity index (χ2v) is 19.1. The van der Waals surface area contributed by atoms with Crippen LogP contribution >= 0.6 is 0 Å². The molecule has 4 aromatic carbocycles. The Bertz CT molecular complexity index is 1710. The molecule has 0 amide bonds. The van der Waals surface area contributed by atoms with Crippen LogP contribution in [0.2, 0.25) is 0 Å². The summed E-state index contributed by atoms with van der Waals surface area (Å²) < 4.78 is 5.01. The quantitative estimate of drug-likeness (QED) is 0.272. The molecular weight excluding hydrogens is 643 g/mol. The van der Waals surface area contributed by atoms with E-state index in [0.717, 1.165) is 6.42 Å². The zero-order valence-electron chi connectivity index (χ0n) is 26.7. The van der Waals surface area contributed by atoms with Crippen molar-refractivity contribution in [3.63, 3.8) is 0 Å². The van der Waals surface area contributed by atoms with E-state index < -0.39 is 21.3 Å². The molecule has 0 N–H and O–H groups in total. The normalized spacial score (nSPS) is 14.8. The summed E-state index contributed by atoms with van der Waals surface area (Å²) in [5, 5.41) is 0. The minimum Gasteiger partial charge on any atom is -1.00 e. The maximum Gasteiger partial charge on any atom is -1.00 e. The van der Waals surface area contributed by atoms with E-state index in [1.165, 1.54) is 55.6 Å². The van der Waals surface area contributed by atoms with E-state index in [1.807, 2.05) is 0 Å². The number of halogens is 2. The van der Waals surface area contributed by atoms with Gasteiger partial charge in [-0.15, -0.1) is 0 Å². The Labute approximate surface area is 279 Å². The summed E-state index contributed by atoms with van der Waals surface area (Å²) in [4.78, 5) is 0. The first-order valence-corrected chi connectivity index (χ1v) is 18.8. The maximum absolute atomic E-state index is 2.77. The van der Waals surface area contributed by atoms with Gasteiger partial charge in [0.25, 0.3) is 0 Å². The summed E-state index contributed by atoms with van der Waals surface area (Å²) in [6.45, 7) is 18.5. The molecule has 1 unspecified atom stereocenters. The molecule has 0 saturated carbocycles. The van der Waals surface area contributed by atoms with Gasteiger partial charge in [0.15, 0.2) is 0 Å².